The first-order chi connectivity index (χ1) is 9.29. The lowest BCUT2D eigenvalue weighted by Gasteiger charge is -2.14. The van der Waals surface area contributed by atoms with E-state index in [1.165, 1.54) is 5.56 Å². The van der Waals surface area contributed by atoms with Gasteiger partial charge in [0, 0.05) is 18.7 Å². The van der Waals surface area contributed by atoms with E-state index in [0.717, 1.165) is 24.5 Å². The van der Waals surface area contributed by atoms with Crippen LogP contribution < -0.4 is 10.1 Å². The van der Waals surface area contributed by atoms with Gasteiger partial charge in [0.05, 0.1) is 12.3 Å². The first-order valence-corrected chi connectivity index (χ1v) is 6.65. The fourth-order valence-electron chi connectivity index (χ4n) is 1.78. The number of aromatic nitrogens is 1. The first kappa shape index (κ1) is 13.6. The van der Waals surface area contributed by atoms with Crippen LogP contribution in [0.5, 0.6) is 5.75 Å². The lowest BCUT2D eigenvalue weighted by molar-refractivity contribution is 0.317. The quantitative estimate of drug-likeness (QED) is 0.829. The molecule has 0 spiro atoms. The highest BCUT2D eigenvalue weighted by atomic mass is 16.5. The van der Waals surface area contributed by atoms with Gasteiger partial charge in [0.2, 0.25) is 0 Å². The number of benzene rings is 1. The zero-order valence-corrected chi connectivity index (χ0v) is 11.4. The fourth-order valence-corrected chi connectivity index (χ4v) is 1.78. The predicted octanol–water partition coefficient (Wildman–Crippen LogP) is 3.31. The fraction of sp³-hybridized carbons (Fsp3) is 0.400. The second kappa shape index (κ2) is 6.95. The van der Waals surface area contributed by atoms with Crippen LogP contribution in [0, 0.1) is 0 Å². The average molecular weight is 260 g/mol. The second-order valence-corrected chi connectivity index (χ2v) is 4.51. The van der Waals surface area contributed by atoms with E-state index in [0.29, 0.717) is 6.54 Å². The van der Waals surface area contributed by atoms with Gasteiger partial charge in [-0.15, -0.1) is 0 Å². The van der Waals surface area contributed by atoms with E-state index in [4.69, 9.17) is 9.26 Å². The maximum atomic E-state index is 5.57. The third kappa shape index (κ3) is 4.10. The van der Waals surface area contributed by atoms with E-state index in [1.807, 2.05) is 18.2 Å². The minimum atomic E-state index is 0.261. The molecule has 0 radical (unpaired) electrons. The molecule has 4 heteroatoms. The van der Waals surface area contributed by atoms with Crippen LogP contribution in [0.15, 0.2) is 41.1 Å². The molecule has 2 rings (SSSR count). The topological polar surface area (TPSA) is 47.3 Å². The Labute approximate surface area is 113 Å². The predicted molar refractivity (Wildman–Crippen MR) is 74.0 cm³/mol. The van der Waals surface area contributed by atoms with Crippen LogP contribution in [0.25, 0.3) is 0 Å². The van der Waals surface area contributed by atoms with E-state index < -0.39 is 0 Å². The van der Waals surface area contributed by atoms with Crippen LogP contribution in [0.4, 0.5) is 0 Å². The highest BCUT2D eigenvalue weighted by Gasteiger charge is 2.06. The Hall–Kier alpha value is -1.81. The summed E-state index contributed by atoms with van der Waals surface area (Å²) in [6.07, 6.45) is 2.61. The molecular weight excluding hydrogens is 240 g/mol. The molecule has 102 valence electrons. The summed E-state index contributed by atoms with van der Waals surface area (Å²) in [5, 5.41) is 7.27. The smallest absolute Gasteiger partial charge is 0.124 e. The molecule has 0 saturated carbocycles. The van der Waals surface area contributed by atoms with Crippen LogP contribution in [-0.2, 0) is 6.54 Å². The van der Waals surface area contributed by atoms with Crippen molar-refractivity contribution < 1.29 is 9.26 Å². The van der Waals surface area contributed by atoms with Crippen molar-refractivity contribution in [1.29, 1.82) is 0 Å². The molecule has 0 bridgehead atoms. The third-order valence-corrected chi connectivity index (χ3v) is 2.93. The van der Waals surface area contributed by atoms with Crippen LogP contribution in [-0.4, -0.2) is 11.8 Å². The van der Waals surface area contributed by atoms with Gasteiger partial charge in [-0.2, -0.15) is 0 Å². The molecule has 0 aliphatic rings. The molecule has 0 saturated heterocycles. The monoisotopic (exact) mass is 260 g/mol. The van der Waals surface area contributed by atoms with Crippen molar-refractivity contribution in [2.24, 2.45) is 0 Å². The van der Waals surface area contributed by atoms with Gasteiger partial charge in [0.25, 0.3) is 0 Å². The summed E-state index contributed by atoms with van der Waals surface area (Å²) in [5.41, 5.74) is 2.14. The number of hydrogen-bond acceptors (Lipinski definition) is 4. The summed E-state index contributed by atoms with van der Waals surface area (Å²) in [6, 6.07) is 10.3. The number of ether oxygens (including phenoxy) is 1. The van der Waals surface area contributed by atoms with Crippen molar-refractivity contribution >= 4 is 0 Å². The third-order valence-electron chi connectivity index (χ3n) is 2.93. The molecule has 1 atom stereocenters. The minimum absolute atomic E-state index is 0.261. The first-order valence-electron chi connectivity index (χ1n) is 6.65. The zero-order chi connectivity index (χ0) is 13.5. The Kier molecular flexibility index (Phi) is 4.98. The summed E-state index contributed by atoms with van der Waals surface area (Å²) in [7, 11) is 0. The van der Waals surface area contributed by atoms with Crippen molar-refractivity contribution in [2.45, 2.75) is 32.9 Å². The normalized spacial score (nSPS) is 12.3. The SMILES string of the molecule is CCCOc1ccc(C(C)NCc2ccon2)cc1. The molecule has 19 heavy (non-hydrogen) atoms. The van der Waals surface area contributed by atoms with Crippen molar-refractivity contribution in [2.75, 3.05) is 6.61 Å². The van der Waals surface area contributed by atoms with Gasteiger partial charge >= 0.3 is 0 Å². The van der Waals surface area contributed by atoms with Crippen LogP contribution in [0.1, 0.15) is 37.6 Å². The van der Waals surface area contributed by atoms with Gasteiger partial charge in [-0.1, -0.05) is 24.2 Å². The maximum Gasteiger partial charge on any atom is 0.124 e. The van der Waals surface area contributed by atoms with E-state index in [9.17, 15) is 0 Å². The standard InChI is InChI=1S/C15H20N2O2/c1-3-9-18-15-6-4-13(5-7-15)12(2)16-11-14-8-10-19-17-14/h4-8,10,12,16H,3,9,11H2,1-2H3. The Morgan fingerprint density at radius 3 is 2.68 bits per heavy atom. The molecule has 2 aromatic rings. The lowest BCUT2D eigenvalue weighted by atomic mass is 10.1. The van der Waals surface area contributed by atoms with E-state index in [-0.39, 0.29) is 6.04 Å². The Balaban J connectivity index is 1.86. The van der Waals surface area contributed by atoms with Crippen LogP contribution >= 0.6 is 0 Å². The molecule has 4 nitrogen and oxygen atoms in total. The maximum absolute atomic E-state index is 5.57. The summed E-state index contributed by atoms with van der Waals surface area (Å²) in [6.45, 7) is 5.69. The molecule has 1 aromatic heterocycles. The summed E-state index contributed by atoms with van der Waals surface area (Å²) in [4.78, 5) is 0. The molecular formula is C15H20N2O2. The molecule has 0 aliphatic carbocycles. The van der Waals surface area contributed by atoms with E-state index in [2.05, 4.69) is 36.5 Å². The van der Waals surface area contributed by atoms with Crippen LogP contribution in [0.2, 0.25) is 0 Å². The summed E-state index contributed by atoms with van der Waals surface area (Å²) in [5.74, 6) is 0.925. The zero-order valence-electron chi connectivity index (χ0n) is 11.4. The highest BCUT2D eigenvalue weighted by Crippen LogP contribution is 2.18. The van der Waals surface area contributed by atoms with Gasteiger partial charge in [-0.05, 0) is 31.0 Å². The number of nitrogens with zero attached hydrogens (tertiary/aromatic N) is 1. The van der Waals surface area contributed by atoms with Gasteiger partial charge < -0.3 is 14.6 Å². The minimum Gasteiger partial charge on any atom is -0.494 e. The Morgan fingerprint density at radius 1 is 1.26 bits per heavy atom. The van der Waals surface area contributed by atoms with E-state index >= 15 is 0 Å². The van der Waals surface area contributed by atoms with Crippen molar-refractivity contribution in [3.63, 3.8) is 0 Å². The van der Waals surface area contributed by atoms with Gasteiger partial charge in [0.1, 0.15) is 12.0 Å². The molecule has 0 aliphatic heterocycles. The summed E-state index contributed by atoms with van der Waals surface area (Å²) < 4.78 is 10.4. The van der Waals surface area contributed by atoms with Crippen molar-refractivity contribution in [1.82, 2.24) is 10.5 Å². The lowest BCUT2D eigenvalue weighted by Crippen LogP contribution is -2.18. The highest BCUT2D eigenvalue weighted by molar-refractivity contribution is 5.29. The molecule has 1 heterocycles. The molecule has 0 fully saturated rings. The second-order valence-electron chi connectivity index (χ2n) is 4.51. The Morgan fingerprint density at radius 2 is 2.05 bits per heavy atom. The molecule has 0 amide bonds. The summed E-state index contributed by atoms with van der Waals surface area (Å²) >= 11 is 0. The van der Waals surface area contributed by atoms with Crippen molar-refractivity contribution in [3.05, 3.63) is 47.9 Å². The number of hydrogen-bond donors (Lipinski definition) is 1. The molecule has 1 N–H and O–H groups in total. The largest absolute Gasteiger partial charge is 0.494 e. The van der Waals surface area contributed by atoms with Crippen LogP contribution in [0.3, 0.4) is 0 Å². The van der Waals surface area contributed by atoms with Gasteiger partial charge in [-0.3, -0.25) is 0 Å². The number of nitrogens with one attached hydrogen (secondary N) is 1. The van der Waals surface area contributed by atoms with E-state index in [1.54, 1.807) is 6.26 Å². The van der Waals surface area contributed by atoms with Crippen molar-refractivity contribution in [3.8, 4) is 5.75 Å². The van der Waals surface area contributed by atoms with Gasteiger partial charge in [-0.25, -0.2) is 0 Å². The molecule has 1 aromatic carbocycles. The number of rotatable bonds is 7. The van der Waals surface area contributed by atoms with Gasteiger partial charge in [0.15, 0.2) is 0 Å². The average Bonchev–Trinajstić information content (AvgIpc) is 2.96. The Bertz CT molecular complexity index is 465. The molecule has 1 unspecified atom stereocenters.